The molecule has 27 heavy (non-hydrogen) atoms. The van der Waals surface area contributed by atoms with E-state index in [9.17, 15) is 21.9 Å². The van der Waals surface area contributed by atoms with Crippen molar-refractivity contribution in [3.05, 3.63) is 54.6 Å². The van der Waals surface area contributed by atoms with E-state index in [-0.39, 0.29) is 21.2 Å². The SMILES string of the molecule is O=S(=O)(O)c1ccc(NNc2c(O)ccc3cc(S(=O)(=O)O)ccc23)cc1. The van der Waals surface area contributed by atoms with E-state index in [1.54, 1.807) is 0 Å². The molecule has 5 N–H and O–H groups in total. The number of phenolic OH excluding ortho intramolecular Hbond substituents is 1. The van der Waals surface area contributed by atoms with Crippen LogP contribution < -0.4 is 10.9 Å². The summed E-state index contributed by atoms with van der Waals surface area (Å²) in [5.74, 6) is -0.121. The average Bonchev–Trinajstić information content (AvgIpc) is 2.59. The Morgan fingerprint density at radius 2 is 1.30 bits per heavy atom. The Morgan fingerprint density at radius 3 is 1.89 bits per heavy atom. The van der Waals surface area contributed by atoms with E-state index in [1.165, 1.54) is 54.6 Å². The summed E-state index contributed by atoms with van der Waals surface area (Å²) in [4.78, 5) is -0.542. The van der Waals surface area contributed by atoms with E-state index in [4.69, 9.17) is 9.11 Å². The van der Waals surface area contributed by atoms with Crippen molar-refractivity contribution < 1.29 is 31.0 Å². The first kappa shape index (κ1) is 18.9. The summed E-state index contributed by atoms with van der Waals surface area (Å²) >= 11 is 0. The number of benzene rings is 3. The third kappa shape index (κ3) is 4.11. The lowest BCUT2D eigenvalue weighted by molar-refractivity contribution is 0.478. The highest BCUT2D eigenvalue weighted by Gasteiger charge is 2.13. The van der Waals surface area contributed by atoms with Crippen molar-refractivity contribution in [1.82, 2.24) is 0 Å². The lowest BCUT2D eigenvalue weighted by Gasteiger charge is -2.14. The maximum absolute atomic E-state index is 11.3. The number of hydrogen-bond acceptors (Lipinski definition) is 7. The van der Waals surface area contributed by atoms with Crippen molar-refractivity contribution in [3.8, 4) is 5.75 Å². The minimum Gasteiger partial charge on any atom is -0.506 e. The Balaban J connectivity index is 1.91. The Bertz CT molecular complexity index is 1220. The molecule has 0 aliphatic carbocycles. The molecule has 0 saturated carbocycles. The quantitative estimate of drug-likeness (QED) is 0.242. The van der Waals surface area contributed by atoms with Gasteiger partial charge in [-0.05, 0) is 47.9 Å². The Labute approximate surface area is 154 Å². The standard InChI is InChI=1S/C16H14N2O7S2/c19-15-8-1-10-9-13(27(23,24)25)6-7-14(10)16(15)18-17-11-2-4-12(5-3-11)26(20,21)22/h1-9,17-19H,(H,20,21,22)(H,23,24,25). The van der Waals surface area contributed by atoms with E-state index in [1.807, 2.05) is 0 Å². The molecule has 0 aliphatic heterocycles. The predicted molar refractivity (Wildman–Crippen MR) is 98.9 cm³/mol. The van der Waals surface area contributed by atoms with Crippen LogP contribution in [0.25, 0.3) is 10.8 Å². The molecule has 0 aromatic heterocycles. The van der Waals surface area contributed by atoms with Crippen LogP contribution in [0.5, 0.6) is 5.75 Å². The van der Waals surface area contributed by atoms with Gasteiger partial charge in [-0.15, -0.1) is 0 Å². The van der Waals surface area contributed by atoms with Gasteiger partial charge in [0.1, 0.15) is 11.4 Å². The van der Waals surface area contributed by atoms with Crippen molar-refractivity contribution in [2.75, 3.05) is 10.9 Å². The molecule has 0 spiro atoms. The predicted octanol–water partition coefficient (Wildman–Crippen LogP) is 2.48. The van der Waals surface area contributed by atoms with Crippen LogP contribution in [0.1, 0.15) is 0 Å². The van der Waals surface area contributed by atoms with Gasteiger partial charge in [-0.1, -0.05) is 12.1 Å². The highest BCUT2D eigenvalue weighted by molar-refractivity contribution is 7.86. The second-order valence-corrected chi connectivity index (χ2v) is 8.41. The molecule has 142 valence electrons. The van der Waals surface area contributed by atoms with Crippen LogP contribution in [0.3, 0.4) is 0 Å². The molecule has 0 fully saturated rings. The number of fused-ring (bicyclic) bond motifs is 1. The fourth-order valence-corrected chi connectivity index (χ4v) is 3.43. The third-order valence-corrected chi connectivity index (χ3v) is 5.47. The molecule has 0 bridgehead atoms. The molecule has 0 atom stereocenters. The Hall–Kier alpha value is -2.86. The van der Waals surface area contributed by atoms with Gasteiger partial charge in [0, 0.05) is 5.39 Å². The molecule has 11 heteroatoms. The summed E-state index contributed by atoms with van der Waals surface area (Å²) in [5.41, 5.74) is 6.21. The summed E-state index contributed by atoms with van der Waals surface area (Å²) in [6.45, 7) is 0. The second-order valence-electron chi connectivity index (χ2n) is 5.57. The molecule has 0 amide bonds. The first-order valence-corrected chi connectivity index (χ1v) is 10.3. The first-order valence-electron chi connectivity index (χ1n) is 7.38. The molecule has 9 nitrogen and oxygen atoms in total. The van der Waals surface area contributed by atoms with Crippen molar-refractivity contribution in [3.63, 3.8) is 0 Å². The number of hydrazine groups is 1. The van der Waals surface area contributed by atoms with Gasteiger partial charge >= 0.3 is 0 Å². The minimum atomic E-state index is -4.36. The summed E-state index contributed by atoms with van der Waals surface area (Å²) in [6.07, 6.45) is 0. The van der Waals surface area contributed by atoms with Crippen LogP contribution >= 0.6 is 0 Å². The maximum atomic E-state index is 11.3. The molecule has 0 aliphatic rings. The Morgan fingerprint density at radius 1 is 0.704 bits per heavy atom. The van der Waals surface area contributed by atoms with Crippen molar-refractivity contribution >= 4 is 42.4 Å². The molecule has 3 aromatic carbocycles. The van der Waals surface area contributed by atoms with E-state index in [2.05, 4.69) is 10.9 Å². The zero-order valence-corrected chi connectivity index (χ0v) is 15.1. The van der Waals surface area contributed by atoms with Gasteiger partial charge in [-0.25, -0.2) is 0 Å². The monoisotopic (exact) mass is 410 g/mol. The van der Waals surface area contributed by atoms with E-state index in [0.717, 1.165) is 0 Å². The van der Waals surface area contributed by atoms with Crippen LogP contribution in [0, 0.1) is 0 Å². The zero-order chi connectivity index (χ0) is 19.8. The summed E-state index contributed by atoms with van der Waals surface area (Å²) in [6, 6.07) is 11.9. The van der Waals surface area contributed by atoms with Gasteiger partial charge in [-0.2, -0.15) is 16.8 Å². The van der Waals surface area contributed by atoms with Gasteiger partial charge in [0.2, 0.25) is 0 Å². The number of nitrogens with one attached hydrogen (secondary N) is 2. The number of phenols is 1. The normalized spacial score (nSPS) is 12.1. The molecule has 0 unspecified atom stereocenters. The second kappa shape index (κ2) is 6.70. The van der Waals surface area contributed by atoms with Crippen LogP contribution in [-0.4, -0.2) is 31.0 Å². The van der Waals surface area contributed by atoms with Crippen molar-refractivity contribution in [2.24, 2.45) is 0 Å². The molecule has 0 radical (unpaired) electrons. The minimum absolute atomic E-state index is 0.121. The lowest BCUT2D eigenvalue weighted by atomic mass is 10.1. The van der Waals surface area contributed by atoms with Gasteiger partial charge < -0.3 is 10.5 Å². The molecule has 3 rings (SSSR count). The van der Waals surface area contributed by atoms with Crippen molar-refractivity contribution in [2.45, 2.75) is 9.79 Å². The van der Waals surface area contributed by atoms with Gasteiger partial charge in [-0.3, -0.25) is 14.5 Å². The van der Waals surface area contributed by atoms with E-state index in [0.29, 0.717) is 16.5 Å². The molecule has 0 heterocycles. The summed E-state index contributed by atoms with van der Waals surface area (Å²) in [5, 5.41) is 11.0. The largest absolute Gasteiger partial charge is 0.506 e. The third-order valence-electron chi connectivity index (χ3n) is 3.75. The van der Waals surface area contributed by atoms with Crippen molar-refractivity contribution in [1.29, 1.82) is 0 Å². The van der Waals surface area contributed by atoms with Crippen LogP contribution in [0.2, 0.25) is 0 Å². The van der Waals surface area contributed by atoms with Gasteiger partial charge in [0.15, 0.2) is 0 Å². The van der Waals surface area contributed by atoms with Gasteiger partial charge in [0.25, 0.3) is 20.2 Å². The van der Waals surface area contributed by atoms with E-state index < -0.39 is 20.2 Å². The van der Waals surface area contributed by atoms with Crippen LogP contribution in [-0.2, 0) is 20.2 Å². The molecule has 0 saturated heterocycles. The zero-order valence-electron chi connectivity index (χ0n) is 13.5. The van der Waals surface area contributed by atoms with E-state index >= 15 is 0 Å². The van der Waals surface area contributed by atoms with Crippen LogP contribution in [0.15, 0.2) is 64.4 Å². The highest BCUT2D eigenvalue weighted by Crippen LogP contribution is 2.33. The van der Waals surface area contributed by atoms with Crippen LogP contribution in [0.4, 0.5) is 11.4 Å². The summed E-state index contributed by atoms with van der Waals surface area (Å²) < 4.78 is 62.7. The number of rotatable bonds is 5. The number of anilines is 2. The summed E-state index contributed by atoms with van der Waals surface area (Å²) in [7, 11) is -8.65. The maximum Gasteiger partial charge on any atom is 0.294 e. The smallest absolute Gasteiger partial charge is 0.294 e. The van der Waals surface area contributed by atoms with Gasteiger partial charge in [0.05, 0.1) is 15.5 Å². The first-order chi connectivity index (χ1) is 12.6. The topological polar surface area (TPSA) is 153 Å². The number of hydrogen-bond donors (Lipinski definition) is 5. The fourth-order valence-electron chi connectivity index (χ4n) is 2.43. The number of aromatic hydroxyl groups is 1. The molecular weight excluding hydrogens is 396 g/mol. The fraction of sp³-hybridized carbons (Fsp3) is 0. The average molecular weight is 410 g/mol. The lowest BCUT2D eigenvalue weighted by Crippen LogP contribution is -2.09. The molecular formula is C16H14N2O7S2. The molecule has 3 aromatic rings. The highest BCUT2D eigenvalue weighted by atomic mass is 32.2. The Kier molecular flexibility index (Phi) is 4.70.